The van der Waals surface area contributed by atoms with E-state index in [1.54, 1.807) is 0 Å². The average molecular weight is 239 g/mol. The molecule has 1 unspecified atom stereocenters. The van der Waals surface area contributed by atoms with Crippen LogP contribution >= 0.6 is 0 Å². The van der Waals surface area contributed by atoms with Gasteiger partial charge >= 0.3 is 0 Å². The van der Waals surface area contributed by atoms with Crippen molar-refractivity contribution in [1.82, 2.24) is 15.5 Å². The van der Waals surface area contributed by atoms with Crippen molar-refractivity contribution in [2.24, 2.45) is 0 Å². The van der Waals surface area contributed by atoms with Gasteiger partial charge in [-0.15, -0.1) is 0 Å². The van der Waals surface area contributed by atoms with Gasteiger partial charge in [0.1, 0.15) is 0 Å². The summed E-state index contributed by atoms with van der Waals surface area (Å²) in [6, 6.07) is 0.931. The standard InChI is InChI=1S/C13H25N3O/c1-3-16-8-6-12(7-9-16)14-10(2)13(17)15-11-4-5-11/h10-12,14H,3-9H2,1-2H3,(H,15,17). The van der Waals surface area contributed by atoms with Crippen molar-refractivity contribution in [3.05, 3.63) is 0 Å². The minimum Gasteiger partial charge on any atom is -0.352 e. The maximum absolute atomic E-state index is 11.8. The second-order valence-corrected chi connectivity index (χ2v) is 5.38. The number of carbonyl (C=O) groups is 1. The van der Waals surface area contributed by atoms with Gasteiger partial charge in [0, 0.05) is 12.1 Å². The molecule has 98 valence electrons. The quantitative estimate of drug-likeness (QED) is 0.743. The zero-order chi connectivity index (χ0) is 12.3. The van der Waals surface area contributed by atoms with E-state index in [1.165, 1.54) is 0 Å². The van der Waals surface area contributed by atoms with Crippen molar-refractivity contribution >= 4 is 5.91 Å². The monoisotopic (exact) mass is 239 g/mol. The maximum atomic E-state index is 11.8. The molecule has 1 aliphatic carbocycles. The molecule has 2 N–H and O–H groups in total. The molecule has 0 radical (unpaired) electrons. The van der Waals surface area contributed by atoms with Gasteiger partial charge in [0.25, 0.3) is 0 Å². The lowest BCUT2D eigenvalue weighted by atomic mass is 10.0. The van der Waals surface area contributed by atoms with E-state index in [-0.39, 0.29) is 11.9 Å². The summed E-state index contributed by atoms with van der Waals surface area (Å²) in [5.41, 5.74) is 0. The lowest BCUT2D eigenvalue weighted by Gasteiger charge is -2.32. The molecule has 2 aliphatic rings. The van der Waals surface area contributed by atoms with Crippen molar-refractivity contribution in [3.8, 4) is 0 Å². The first-order valence-corrected chi connectivity index (χ1v) is 6.97. The van der Waals surface area contributed by atoms with Gasteiger partial charge in [0.15, 0.2) is 0 Å². The Hall–Kier alpha value is -0.610. The number of carbonyl (C=O) groups excluding carboxylic acids is 1. The van der Waals surface area contributed by atoms with Crippen LogP contribution in [0.1, 0.15) is 39.5 Å². The molecule has 4 heteroatoms. The molecule has 1 atom stereocenters. The Balaban J connectivity index is 1.67. The summed E-state index contributed by atoms with van der Waals surface area (Å²) in [6.45, 7) is 7.64. The zero-order valence-electron chi connectivity index (χ0n) is 11.0. The van der Waals surface area contributed by atoms with Gasteiger partial charge in [0.2, 0.25) is 5.91 Å². The first-order chi connectivity index (χ1) is 8.19. The first-order valence-electron chi connectivity index (χ1n) is 6.97. The minimum atomic E-state index is -0.0474. The molecule has 1 saturated heterocycles. The Morgan fingerprint density at radius 1 is 1.24 bits per heavy atom. The van der Waals surface area contributed by atoms with Gasteiger partial charge in [-0.25, -0.2) is 0 Å². The summed E-state index contributed by atoms with van der Waals surface area (Å²) in [4.78, 5) is 14.3. The van der Waals surface area contributed by atoms with Gasteiger partial charge < -0.3 is 15.5 Å². The average Bonchev–Trinajstić information content (AvgIpc) is 3.14. The molecule has 4 nitrogen and oxygen atoms in total. The van der Waals surface area contributed by atoms with Gasteiger partial charge in [-0.2, -0.15) is 0 Å². The van der Waals surface area contributed by atoms with Crippen molar-refractivity contribution in [2.75, 3.05) is 19.6 Å². The van der Waals surface area contributed by atoms with E-state index < -0.39 is 0 Å². The van der Waals surface area contributed by atoms with Gasteiger partial charge in [-0.3, -0.25) is 4.79 Å². The molecule has 0 aromatic rings. The van der Waals surface area contributed by atoms with Gasteiger partial charge in [-0.1, -0.05) is 6.92 Å². The molecule has 0 bridgehead atoms. The van der Waals surface area contributed by atoms with E-state index in [4.69, 9.17) is 0 Å². The largest absolute Gasteiger partial charge is 0.352 e. The normalized spacial score (nSPS) is 24.6. The number of nitrogens with zero attached hydrogens (tertiary/aromatic N) is 1. The van der Waals surface area contributed by atoms with Crippen LogP contribution in [0.2, 0.25) is 0 Å². The Labute approximate surface area is 104 Å². The number of piperidine rings is 1. The Bertz CT molecular complexity index is 257. The van der Waals surface area contributed by atoms with Crippen LogP contribution in [0.3, 0.4) is 0 Å². The van der Waals surface area contributed by atoms with Crippen LogP contribution in [0.5, 0.6) is 0 Å². The summed E-state index contributed by atoms with van der Waals surface area (Å²) >= 11 is 0. The number of rotatable bonds is 5. The number of hydrogen-bond donors (Lipinski definition) is 2. The molecular formula is C13H25N3O. The molecule has 0 aromatic heterocycles. The van der Waals surface area contributed by atoms with E-state index in [1.807, 2.05) is 6.92 Å². The van der Waals surface area contributed by atoms with E-state index in [0.717, 1.165) is 45.3 Å². The molecular weight excluding hydrogens is 214 g/mol. The zero-order valence-corrected chi connectivity index (χ0v) is 11.0. The fourth-order valence-electron chi connectivity index (χ4n) is 2.40. The highest BCUT2D eigenvalue weighted by Crippen LogP contribution is 2.18. The summed E-state index contributed by atoms with van der Waals surface area (Å²) < 4.78 is 0. The molecule has 1 aliphatic heterocycles. The Morgan fingerprint density at radius 3 is 2.41 bits per heavy atom. The second-order valence-electron chi connectivity index (χ2n) is 5.38. The molecule has 17 heavy (non-hydrogen) atoms. The van der Waals surface area contributed by atoms with Crippen LogP contribution in [0.25, 0.3) is 0 Å². The number of amides is 1. The van der Waals surface area contributed by atoms with Crippen LogP contribution in [0.15, 0.2) is 0 Å². The smallest absolute Gasteiger partial charge is 0.237 e. The first kappa shape index (κ1) is 12.8. The third-order valence-electron chi connectivity index (χ3n) is 3.84. The summed E-state index contributed by atoms with van der Waals surface area (Å²) in [7, 11) is 0. The molecule has 2 fully saturated rings. The Kier molecular flexibility index (Phi) is 4.40. The molecule has 0 aromatic carbocycles. The molecule has 1 amide bonds. The molecule has 0 spiro atoms. The van der Waals surface area contributed by atoms with E-state index >= 15 is 0 Å². The van der Waals surface area contributed by atoms with Crippen LogP contribution in [-0.4, -0.2) is 48.6 Å². The van der Waals surface area contributed by atoms with E-state index in [0.29, 0.717) is 12.1 Å². The fourth-order valence-corrected chi connectivity index (χ4v) is 2.40. The number of likely N-dealkylation sites (tertiary alicyclic amines) is 1. The SMILES string of the molecule is CCN1CCC(NC(C)C(=O)NC2CC2)CC1. The third kappa shape index (κ3) is 3.96. The molecule has 1 heterocycles. The van der Waals surface area contributed by atoms with E-state index in [2.05, 4.69) is 22.5 Å². The highest BCUT2D eigenvalue weighted by atomic mass is 16.2. The second kappa shape index (κ2) is 5.83. The predicted molar refractivity (Wildman–Crippen MR) is 68.9 cm³/mol. The number of nitrogens with one attached hydrogen (secondary N) is 2. The minimum absolute atomic E-state index is 0.0474. The Morgan fingerprint density at radius 2 is 1.88 bits per heavy atom. The van der Waals surface area contributed by atoms with Gasteiger partial charge in [0.05, 0.1) is 6.04 Å². The molecule has 1 saturated carbocycles. The topological polar surface area (TPSA) is 44.4 Å². The summed E-state index contributed by atoms with van der Waals surface area (Å²) in [5, 5.41) is 6.51. The van der Waals surface area contributed by atoms with Crippen molar-refractivity contribution < 1.29 is 4.79 Å². The summed E-state index contributed by atoms with van der Waals surface area (Å²) in [5.74, 6) is 0.172. The number of hydrogen-bond acceptors (Lipinski definition) is 3. The van der Waals surface area contributed by atoms with Crippen molar-refractivity contribution in [3.63, 3.8) is 0 Å². The lowest BCUT2D eigenvalue weighted by molar-refractivity contribution is -0.123. The van der Waals surface area contributed by atoms with Crippen LogP contribution in [-0.2, 0) is 4.79 Å². The third-order valence-corrected chi connectivity index (χ3v) is 3.84. The van der Waals surface area contributed by atoms with Crippen LogP contribution in [0.4, 0.5) is 0 Å². The van der Waals surface area contributed by atoms with Crippen LogP contribution in [0, 0.1) is 0 Å². The van der Waals surface area contributed by atoms with Gasteiger partial charge in [-0.05, 0) is 52.2 Å². The predicted octanol–water partition coefficient (Wildman–Crippen LogP) is 0.727. The fraction of sp³-hybridized carbons (Fsp3) is 0.923. The highest BCUT2D eigenvalue weighted by molar-refractivity contribution is 5.81. The molecule has 2 rings (SSSR count). The van der Waals surface area contributed by atoms with E-state index in [9.17, 15) is 4.79 Å². The summed E-state index contributed by atoms with van der Waals surface area (Å²) in [6.07, 6.45) is 4.64. The highest BCUT2D eigenvalue weighted by Gasteiger charge is 2.27. The van der Waals surface area contributed by atoms with Crippen molar-refractivity contribution in [2.45, 2.75) is 57.7 Å². The van der Waals surface area contributed by atoms with Crippen molar-refractivity contribution in [1.29, 1.82) is 0 Å². The van der Waals surface area contributed by atoms with Crippen LogP contribution < -0.4 is 10.6 Å². The lowest BCUT2D eigenvalue weighted by Crippen LogP contribution is -2.50. The maximum Gasteiger partial charge on any atom is 0.237 e.